The molecule has 1 aromatic heterocycles. The second kappa shape index (κ2) is 18.1. The molecule has 3 rings (SSSR count). The quantitative estimate of drug-likeness (QED) is 0.134. The largest absolute Gasteiger partial charge is 0.299 e. The fraction of sp³-hybridized carbons (Fsp3) is 0.657. The van der Waals surface area contributed by atoms with E-state index >= 15 is 0 Å². The molecular formula is C35H52N2O2. The van der Waals surface area contributed by atoms with E-state index in [2.05, 4.69) is 23.8 Å². The first-order valence-corrected chi connectivity index (χ1v) is 16.1. The Balaban J connectivity index is 1.56. The fourth-order valence-corrected chi connectivity index (χ4v) is 6.07. The Morgan fingerprint density at radius 2 is 1.38 bits per heavy atom. The molecule has 1 aromatic carbocycles. The van der Waals surface area contributed by atoms with Crippen molar-refractivity contribution < 1.29 is 9.59 Å². The zero-order valence-electron chi connectivity index (χ0n) is 24.7. The van der Waals surface area contributed by atoms with Crippen LogP contribution >= 0.6 is 0 Å². The highest BCUT2D eigenvalue weighted by molar-refractivity contribution is 6.06. The van der Waals surface area contributed by atoms with Gasteiger partial charge in [-0.2, -0.15) is 0 Å². The number of carbonyl (C=O) groups excluding carboxylic acids is 2. The van der Waals surface area contributed by atoms with E-state index in [1.807, 2.05) is 42.7 Å². The maximum absolute atomic E-state index is 13.9. The molecule has 214 valence electrons. The molecule has 0 radical (unpaired) electrons. The van der Waals surface area contributed by atoms with E-state index in [-0.39, 0.29) is 11.6 Å². The summed E-state index contributed by atoms with van der Waals surface area (Å²) in [6, 6.07) is 9.78. The maximum atomic E-state index is 13.9. The van der Waals surface area contributed by atoms with Crippen LogP contribution in [0, 0.1) is 11.8 Å². The summed E-state index contributed by atoms with van der Waals surface area (Å²) < 4.78 is 0. The molecule has 0 amide bonds. The van der Waals surface area contributed by atoms with Crippen LogP contribution in [0.15, 0.2) is 42.7 Å². The van der Waals surface area contributed by atoms with Gasteiger partial charge in [0.25, 0.3) is 0 Å². The minimum Gasteiger partial charge on any atom is -0.299 e. The van der Waals surface area contributed by atoms with Crippen LogP contribution in [0.4, 0.5) is 0 Å². The monoisotopic (exact) mass is 532 g/mol. The van der Waals surface area contributed by atoms with Crippen molar-refractivity contribution in [2.24, 2.45) is 11.8 Å². The van der Waals surface area contributed by atoms with Gasteiger partial charge in [0.05, 0.1) is 5.92 Å². The molecule has 0 aliphatic heterocycles. The van der Waals surface area contributed by atoms with Crippen LogP contribution in [0.25, 0.3) is 0 Å². The van der Waals surface area contributed by atoms with Crippen LogP contribution in [0.5, 0.6) is 0 Å². The molecule has 1 heterocycles. The number of Topliss-reactive ketones (excluding diaryl/α,β-unsaturated/α-hetero) is 2. The Morgan fingerprint density at radius 3 is 2.00 bits per heavy atom. The van der Waals surface area contributed by atoms with Crippen LogP contribution in [0.3, 0.4) is 0 Å². The Hall–Kier alpha value is -2.36. The van der Waals surface area contributed by atoms with Crippen molar-refractivity contribution in [1.82, 2.24) is 9.97 Å². The molecule has 2 aromatic rings. The molecule has 0 bridgehead atoms. The van der Waals surface area contributed by atoms with Gasteiger partial charge >= 0.3 is 0 Å². The van der Waals surface area contributed by atoms with Crippen molar-refractivity contribution in [3.63, 3.8) is 0 Å². The second-order valence-corrected chi connectivity index (χ2v) is 11.8. The predicted molar refractivity (Wildman–Crippen MR) is 161 cm³/mol. The number of nitrogens with zero attached hydrogens (tertiary/aromatic N) is 2. The van der Waals surface area contributed by atoms with Crippen LogP contribution < -0.4 is 0 Å². The number of hydrogen-bond acceptors (Lipinski definition) is 4. The minimum atomic E-state index is -0.581. The summed E-state index contributed by atoms with van der Waals surface area (Å²) in [7, 11) is 0. The molecule has 3 atom stereocenters. The predicted octanol–water partition coefficient (Wildman–Crippen LogP) is 9.21. The number of rotatable bonds is 19. The fourth-order valence-electron chi connectivity index (χ4n) is 6.07. The van der Waals surface area contributed by atoms with Gasteiger partial charge in [-0.3, -0.25) is 9.59 Å². The van der Waals surface area contributed by atoms with Crippen LogP contribution in [0.2, 0.25) is 0 Å². The average Bonchev–Trinajstić information content (AvgIpc) is 2.96. The highest BCUT2D eigenvalue weighted by Gasteiger charge is 2.38. The molecule has 1 saturated carbocycles. The third-order valence-corrected chi connectivity index (χ3v) is 8.52. The number of aryl methyl sites for hydroxylation is 1. The van der Waals surface area contributed by atoms with Gasteiger partial charge in [-0.25, -0.2) is 9.97 Å². The number of carbonyl (C=O) groups is 2. The number of hydrogen-bond donors (Lipinski definition) is 0. The molecule has 0 saturated heterocycles. The lowest BCUT2D eigenvalue weighted by Gasteiger charge is -2.29. The first-order chi connectivity index (χ1) is 19.1. The van der Waals surface area contributed by atoms with Crippen molar-refractivity contribution in [3.05, 3.63) is 59.7 Å². The standard InChI is InChI=1S/C35H52N2O2/c1-3-5-7-9-10-11-13-16-20-29-26-36-35(37-27-29)33(30-21-17-14-18-22-30)34(39)31-24-23-28(25-32(31)38)19-15-12-8-6-4-2/h14,17-18,21-22,26-28,31,33H,3-13,15-16,19-20,23-25H2,1-2H3. The normalized spacial score (nSPS) is 18.3. The van der Waals surface area contributed by atoms with Gasteiger partial charge in [-0.15, -0.1) is 0 Å². The number of benzene rings is 1. The van der Waals surface area contributed by atoms with E-state index in [0.29, 0.717) is 24.6 Å². The summed E-state index contributed by atoms with van der Waals surface area (Å²) in [5.41, 5.74) is 2.00. The van der Waals surface area contributed by atoms with E-state index in [1.54, 1.807) is 0 Å². The average molecular weight is 533 g/mol. The summed E-state index contributed by atoms with van der Waals surface area (Å²) >= 11 is 0. The summed E-state index contributed by atoms with van der Waals surface area (Å²) in [5.74, 6) is -0.0579. The Bertz CT molecular complexity index is 956. The molecule has 0 N–H and O–H groups in total. The minimum absolute atomic E-state index is 0.0246. The first kappa shape index (κ1) is 31.2. The highest BCUT2D eigenvalue weighted by atomic mass is 16.2. The Morgan fingerprint density at radius 1 is 0.795 bits per heavy atom. The first-order valence-electron chi connectivity index (χ1n) is 16.1. The highest BCUT2D eigenvalue weighted by Crippen LogP contribution is 2.35. The maximum Gasteiger partial charge on any atom is 0.158 e. The topological polar surface area (TPSA) is 59.9 Å². The zero-order valence-corrected chi connectivity index (χ0v) is 24.7. The van der Waals surface area contributed by atoms with E-state index in [0.717, 1.165) is 36.8 Å². The van der Waals surface area contributed by atoms with Crippen LogP contribution in [0.1, 0.15) is 146 Å². The Labute approximate surface area is 237 Å². The van der Waals surface area contributed by atoms with Gasteiger partial charge < -0.3 is 0 Å². The van der Waals surface area contributed by atoms with Crippen LogP contribution in [-0.2, 0) is 16.0 Å². The molecule has 1 fully saturated rings. The van der Waals surface area contributed by atoms with Crippen molar-refractivity contribution >= 4 is 11.6 Å². The van der Waals surface area contributed by atoms with E-state index in [4.69, 9.17) is 0 Å². The van der Waals surface area contributed by atoms with Crippen molar-refractivity contribution in [2.75, 3.05) is 0 Å². The lowest BCUT2D eigenvalue weighted by Crippen LogP contribution is -2.35. The van der Waals surface area contributed by atoms with E-state index < -0.39 is 11.8 Å². The van der Waals surface area contributed by atoms with Gasteiger partial charge in [0.2, 0.25) is 0 Å². The van der Waals surface area contributed by atoms with Gasteiger partial charge in [0.1, 0.15) is 17.5 Å². The lowest BCUT2D eigenvalue weighted by atomic mass is 9.73. The molecule has 1 aliphatic carbocycles. The smallest absolute Gasteiger partial charge is 0.158 e. The summed E-state index contributed by atoms with van der Waals surface area (Å²) in [5, 5.41) is 0. The summed E-state index contributed by atoms with van der Waals surface area (Å²) in [6.45, 7) is 4.49. The lowest BCUT2D eigenvalue weighted by molar-refractivity contribution is -0.135. The van der Waals surface area contributed by atoms with E-state index in [9.17, 15) is 9.59 Å². The molecule has 3 unspecified atom stereocenters. The second-order valence-electron chi connectivity index (χ2n) is 11.8. The van der Waals surface area contributed by atoms with Crippen molar-refractivity contribution in [1.29, 1.82) is 0 Å². The number of unbranched alkanes of at least 4 members (excludes halogenated alkanes) is 11. The van der Waals surface area contributed by atoms with Crippen molar-refractivity contribution in [3.8, 4) is 0 Å². The van der Waals surface area contributed by atoms with Gasteiger partial charge in [0, 0.05) is 18.8 Å². The molecule has 1 aliphatic rings. The third kappa shape index (κ3) is 10.6. The van der Waals surface area contributed by atoms with Crippen molar-refractivity contribution in [2.45, 2.75) is 135 Å². The molecule has 4 heteroatoms. The van der Waals surface area contributed by atoms with Crippen LogP contribution in [-0.4, -0.2) is 21.5 Å². The van der Waals surface area contributed by atoms with E-state index in [1.165, 1.54) is 77.0 Å². The number of ketones is 2. The molecular weight excluding hydrogens is 480 g/mol. The summed E-state index contributed by atoms with van der Waals surface area (Å²) in [4.78, 5) is 36.4. The third-order valence-electron chi connectivity index (χ3n) is 8.52. The molecule has 0 spiro atoms. The Kier molecular flexibility index (Phi) is 14.4. The van der Waals surface area contributed by atoms with Gasteiger partial charge in [-0.05, 0) is 42.7 Å². The molecule has 4 nitrogen and oxygen atoms in total. The van der Waals surface area contributed by atoms with Gasteiger partial charge in [0.15, 0.2) is 5.78 Å². The summed E-state index contributed by atoms with van der Waals surface area (Å²) in [6.07, 6.45) is 24.7. The number of aromatic nitrogens is 2. The molecule has 39 heavy (non-hydrogen) atoms. The SMILES string of the molecule is CCCCCCCCCCc1cnc(C(C(=O)C2CCC(CCCCCCC)CC2=O)c2ccccc2)nc1. The zero-order chi connectivity index (χ0) is 27.7. The van der Waals surface area contributed by atoms with Gasteiger partial charge in [-0.1, -0.05) is 128 Å².